The Labute approximate surface area is 129 Å². The lowest BCUT2D eigenvalue weighted by Crippen LogP contribution is -2.52. The van der Waals surface area contributed by atoms with Gasteiger partial charge in [-0.15, -0.1) is 11.3 Å². The molecule has 0 saturated carbocycles. The Bertz CT molecular complexity index is 507. The third kappa shape index (κ3) is 3.83. The molecule has 0 radical (unpaired) electrons. The van der Waals surface area contributed by atoms with Gasteiger partial charge in [0.15, 0.2) is 0 Å². The minimum atomic E-state index is -0.0165. The van der Waals surface area contributed by atoms with E-state index >= 15 is 0 Å². The number of rotatable bonds is 4. The third-order valence-electron chi connectivity index (χ3n) is 3.76. The van der Waals surface area contributed by atoms with Gasteiger partial charge in [-0.3, -0.25) is 9.59 Å². The van der Waals surface area contributed by atoms with Crippen molar-refractivity contribution in [2.75, 3.05) is 39.8 Å². The zero-order chi connectivity index (χ0) is 15.4. The van der Waals surface area contributed by atoms with Crippen LogP contribution in [0.3, 0.4) is 0 Å². The van der Waals surface area contributed by atoms with Crippen LogP contribution in [-0.4, -0.2) is 61.4 Å². The third-order valence-corrected chi connectivity index (χ3v) is 4.75. The van der Waals surface area contributed by atoms with Crippen LogP contribution in [0.4, 0.5) is 0 Å². The van der Waals surface area contributed by atoms with Crippen LogP contribution in [0.15, 0.2) is 12.1 Å². The number of carbonyl (C=O) groups excluding carboxylic acids is 2. The van der Waals surface area contributed by atoms with E-state index in [2.05, 4.69) is 5.32 Å². The maximum Gasteiger partial charge on any atom is 0.264 e. The smallest absolute Gasteiger partial charge is 0.264 e. The van der Waals surface area contributed by atoms with E-state index < -0.39 is 0 Å². The SMILES string of the molecule is CNCC(C)C(=O)N1CCN(C(=O)c2ccc(C)s2)CC1. The fourth-order valence-electron chi connectivity index (χ4n) is 2.54. The zero-order valence-corrected chi connectivity index (χ0v) is 13.7. The molecule has 2 amide bonds. The van der Waals surface area contributed by atoms with Gasteiger partial charge in [0, 0.05) is 43.5 Å². The fraction of sp³-hybridized carbons (Fsp3) is 0.600. The number of hydrogen-bond acceptors (Lipinski definition) is 4. The minimum absolute atomic E-state index is 0.0165. The van der Waals surface area contributed by atoms with Gasteiger partial charge in [0.2, 0.25) is 5.91 Å². The summed E-state index contributed by atoms with van der Waals surface area (Å²) in [6.07, 6.45) is 0. The van der Waals surface area contributed by atoms with E-state index in [1.807, 2.05) is 42.8 Å². The maximum absolute atomic E-state index is 12.3. The molecule has 1 N–H and O–H groups in total. The minimum Gasteiger partial charge on any atom is -0.339 e. The van der Waals surface area contributed by atoms with Crippen LogP contribution in [0.1, 0.15) is 21.5 Å². The van der Waals surface area contributed by atoms with Gasteiger partial charge in [0.1, 0.15) is 0 Å². The summed E-state index contributed by atoms with van der Waals surface area (Å²) in [7, 11) is 1.85. The second-order valence-electron chi connectivity index (χ2n) is 5.49. The molecule has 21 heavy (non-hydrogen) atoms. The highest BCUT2D eigenvalue weighted by Gasteiger charge is 2.27. The second kappa shape index (κ2) is 7.04. The summed E-state index contributed by atoms with van der Waals surface area (Å²) in [5.41, 5.74) is 0. The Hall–Kier alpha value is -1.40. The molecule has 1 unspecified atom stereocenters. The molecule has 1 aromatic heterocycles. The van der Waals surface area contributed by atoms with E-state index in [4.69, 9.17) is 0 Å². The summed E-state index contributed by atoms with van der Waals surface area (Å²) in [6.45, 7) is 7.12. The Balaban J connectivity index is 1.88. The van der Waals surface area contributed by atoms with Gasteiger partial charge in [-0.1, -0.05) is 6.92 Å². The van der Waals surface area contributed by atoms with E-state index in [0.29, 0.717) is 32.7 Å². The van der Waals surface area contributed by atoms with Crippen molar-refractivity contribution in [3.05, 3.63) is 21.9 Å². The van der Waals surface area contributed by atoms with E-state index in [-0.39, 0.29) is 17.7 Å². The van der Waals surface area contributed by atoms with E-state index in [1.165, 1.54) is 11.3 Å². The topological polar surface area (TPSA) is 52.7 Å². The van der Waals surface area contributed by atoms with Gasteiger partial charge in [0.25, 0.3) is 5.91 Å². The van der Waals surface area contributed by atoms with Gasteiger partial charge in [-0.2, -0.15) is 0 Å². The van der Waals surface area contributed by atoms with E-state index in [1.54, 1.807) is 0 Å². The Kier molecular flexibility index (Phi) is 5.36. The van der Waals surface area contributed by atoms with E-state index in [0.717, 1.165) is 9.75 Å². The molecule has 0 spiro atoms. The largest absolute Gasteiger partial charge is 0.339 e. The van der Waals surface area contributed by atoms with Crippen molar-refractivity contribution in [1.82, 2.24) is 15.1 Å². The van der Waals surface area contributed by atoms with Crippen LogP contribution in [0.25, 0.3) is 0 Å². The molecular weight excluding hydrogens is 286 g/mol. The first-order chi connectivity index (χ1) is 10.0. The molecule has 5 nitrogen and oxygen atoms in total. The molecule has 2 heterocycles. The van der Waals surface area contributed by atoms with Gasteiger partial charge in [-0.25, -0.2) is 0 Å². The molecule has 116 valence electrons. The number of hydrogen-bond donors (Lipinski definition) is 1. The van der Waals surface area contributed by atoms with Crippen molar-refractivity contribution in [2.45, 2.75) is 13.8 Å². The summed E-state index contributed by atoms with van der Waals surface area (Å²) < 4.78 is 0. The molecule has 1 aliphatic rings. The number of amides is 2. The van der Waals surface area contributed by atoms with Crippen molar-refractivity contribution in [3.8, 4) is 0 Å². The number of carbonyl (C=O) groups is 2. The maximum atomic E-state index is 12.3. The molecule has 2 rings (SSSR count). The lowest BCUT2D eigenvalue weighted by Gasteiger charge is -2.35. The first kappa shape index (κ1) is 16.0. The average molecular weight is 309 g/mol. The monoisotopic (exact) mass is 309 g/mol. The summed E-state index contributed by atoms with van der Waals surface area (Å²) in [6, 6.07) is 3.85. The van der Waals surface area contributed by atoms with Crippen LogP contribution in [0.2, 0.25) is 0 Å². The zero-order valence-electron chi connectivity index (χ0n) is 12.9. The van der Waals surface area contributed by atoms with Gasteiger partial charge >= 0.3 is 0 Å². The number of piperazine rings is 1. The highest BCUT2D eigenvalue weighted by atomic mass is 32.1. The lowest BCUT2D eigenvalue weighted by molar-refractivity contribution is -0.136. The Morgan fingerprint density at radius 3 is 2.38 bits per heavy atom. The molecular formula is C15H23N3O2S. The highest BCUT2D eigenvalue weighted by molar-refractivity contribution is 7.13. The van der Waals surface area contributed by atoms with E-state index in [9.17, 15) is 9.59 Å². The number of aryl methyl sites for hydroxylation is 1. The number of thiophene rings is 1. The van der Waals surface area contributed by atoms with Crippen LogP contribution in [0, 0.1) is 12.8 Å². The second-order valence-corrected chi connectivity index (χ2v) is 6.77. The Morgan fingerprint density at radius 1 is 1.24 bits per heavy atom. The molecule has 0 bridgehead atoms. The molecule has 1 saturated heterocycles. The van der Waals surface area contributed by atoms with Crippen molar-refractivity contribution in [3.63, 3.8) is 0 Å². The predicted octanol–water partition coefficient (Wildman–Crippen LogP) is 1.20. The summed E-state index contributed by atoms with van der Waals surface area (Å²) in [5.74, 6) is 0.240. The molecule has 1 fully saturated rings. The molecule has 6 heteroatoms. The lowest BCUT2D eigenvalue weighted by atomic mass is 10.1. The molecule has 0 aromatic carbocycles. The van der Waals surface area contributed by atoms with Crippen LogP contribution in [0.5, 0.6) is 0 Å². The summed E-state index contributed by atoms with van der Waals surface area (Å²) in [4.78, 5) is 30.2. The molecule has 1 aromatic rings. The fourth-order valence-corrected chi connectivity index (χ4v) is 3.38. The quantitative estimate of drug-likeness (QED) is 0.909. The first-order valence-electron chi connectivity index (χ1n) is 7.32. The van der Waals surface area contributed by atoms with Crippen LogP contribution in [-0.2, 0) is 4.79 Å². The summed E-state index contributed by atoms with van der Waals surface area (Å²) >= 11 is 1.53. The van der Waals surface area contributed by atoms with Gasteiger partial charge < -0.3 is 15.1 Å². The molecule has 1 atom stereocenters. The number of nitrogens with zero attached hydrogens (tertiary/aromatic N) is 2. The first-order valence-corrected chi connectivity index (χ1v) is 8.13. The normalized spacial score (nSPS) is 16.9. The number of nitrogens with one attached hydrogen (secondary N) is 1. The van der Waals surface area contributed by atoms with Crippen molar-refractivity contribution in [1.29, 1.82) is 0 Å². The highest BCUT2D eigenvalue weighted by Crippen LogP contribution is 2.18. The van der Waals surface area contributed by atoms with Gasteiger partial charge in [-0.05, 0) is 26.1 Å². The summed E-state index contributed by atoms with van der Waals surface area (Å²) in [5, 5.41) is 3.03. The van der Waals surface area contributed by atoms with Crippen molar-refractivity contribution >= 4 is 23.2 Å². The van der Waals surface area contributed by atoms with Crippen LogP contribution < -0.4 is 5.32 Å². The molecule has 1 aliphatic heterocycles. The van der Waals surface area contributed by atoms with Gasteiger partial charge in [0.05, 0.1) is 4.88 Å². The average Bonchev–Trinajstić information content (AvgIpc) is 2.92. The molecule has 0 aliphatic carbocycles. The Morgan fingerprint density at radius 2 is 1.86 bits per heavy atom. The predicted molar refractivity (Wildman–Crippen MR) is 84.6 cm³/mol. The van der Waals surface area contributed by atoms with Crippen molar-refractivity contribution < 1.29 is 9.59 Å². The standard InChI is InChI=1S/C15H23N3O2S/c1-11(10-16-3)14(19)17-6-8-18(9-7-17)15(20)13-5-4-12(2)21-13/h4-5,11,16H,6-10H2,1-3H3. The van der Waals surface area contributed by atoms with Crippen LogP contribution >= 0.6 is 11.3 Å². The van der Waals surface area contributed by atoms with Crippen molar-refractivity contribution in [2.24, 2.45) is 5.92 Å².